The lowest BCUT2D eigenvalue weighted by molar-refractivity contribution is -0.00884. The first-order valence-electron chi connectivity index (χ1n) is 9.47. The van der Waals surface area contributed by atoms with E-state index >= 15 is 0 Å². The number of aromatic nitrogens is 1. The normalized spacial score (nSPS) is 17.6. The fourth-order valence-electron chi connectivity index (χ4n) is 3.51. The number of fused-ring (bicyclic) bond motifs is 1. The molecule has 4 rings (SSSR count). The molecule has 0 bridgehead atoms. The van der Waals surface area contributed by atoms with Gasteiger partial charge in [-0.2, -0.15) is 0 Å². The fourth-order valence-corrected chi connectivity index (χ4v) is 3.51. The lowest BCUT2D eigenvalue weighted by atomic mass is 10.1. The Bertz CT molecular complexity index is 1130. The number of nitrogens with zero attached hydrogens (tertiary/aromatic N) is 2. The van der Waals surface area contributed by atoms with E-state index in [9.17, 15) is 18.4 Å². The molecule has 3 aromatic rings. The summed E-state index contributed by atoms with van der Waals surface area (Å²) < 4.78 is 39.6. The van der Waals surface area contributed by atoms with Gasteiger partial charge in [0.2, 0.25) is 5.88 Å². The van der Waals surface area contributed by atoms with Gasteiger partial charge in [-0.1, -0.05) is 30.3 Å². The van der Waals surface area contributed by atoms with Gasteiger partial charge in [-0.05, 0) is 12.5 Å². The van der Waals surface area contributed by atoms with Crippen LogP contribution in [-0.2, 0) is 6.61 Å². The summed E-state index contributed by atoms with van der Waals surface area (Å²) in [4.78, 5) is 28.6. The van der Waals surface area contributed by atoms with Crippen molar-refractivity contribution in [2.24, 2.45) is 0 Å². The van der Waals surface area contributed by atoms with Gasteiger partial charge in [-0.15, -0.1) is 0 Å². The summed E-state index contributed by atoms with van der Waals surface area (Å²) in [6.07, 6.45) is -0.0666. The number of carboxylic acid groups (broad SMARTS) is 1. The highest BCUT2D eigenvalue weighted by molar-refractivity contribution is 6.07. The summed E-state index contributed by atoms with van der Waals surface area (Å²) >= 11 is 0. The molecule has 1 fully saturated rings. The minimum absolute atomic E-state index is 0.0755. The predicted molar refractivity (Wildman–Crippen MR) is 105 cm³/mol. The number of hydrogen-bond acceptors (Lipinski definition) is 5. The summed E-state index contributed by atoms with van der Waals surface area (Å²) in [7, 11) is 0. The van der Waals surface area contributed by atoms with Crippen molar-refractivity contribution in [3.63, 3.8) is 0 Å². The standard InChI is InChI=1S/C21H19F2N3O5/c1-12-18(19(27)25-16-9-26(20(28)29)11-21(16,22)23)14-7-17(24-8-15(14)31-12)30-10-13-5-3-2-4-6-13/h2-8,16H,9-11H2,1H3,(H,25,27)(H,28,29)/t16-/m1/s1. The summed E-state index contributed by atoms with van der Waals surface area (Å²) in [6.45, 7) is 0.322. The van der Waals surface area contributed by atoms with E-state index in [-0.39, 0.29) is 23.8 Å². The molecule has 10 heteroatoms. The zero-order valence-corrected chi connectivity index (χ0v) is 16.5. The Morgan fingerprint density at radius 3 is 2.77 bits per heavy atom. The van der Waals surface area contributed by atoms with Crippen molar-refractivity contribution in [1.29, 1.82) is 0 Å². The third-order valence-electron chi connectivity index (χ3n) is 5.07. The van der Waals surface area contributed by atoms with Gasteiger partial charge in [0, 0.05) is 11.5 Å². The van der Waals surface area contributed by atoms with Crippen molar-refractivity contribution < 1.29 is 32.6 Å². The maximum atomic E-state index is 14.2. The maximum absolute atomic E-state index is 14.2. The Morgan fingerprint density at radius 2 is 2.10 bits per heavy atom. The van der Waals surface area contributed by atoms with E-state index in [0.717, 1.165) is 5.56 Å². The van der Waals surface area contributed by atoms with E-state index in [0.29, 0.717) is 15.9 Å². The van der Waals surface area contributed by atoms with Crippen molar-refractivity contribution in [3.05, 3.63) is 59.5 Å². The second kappa shape index (κ2) is 7.86. The van der Waals surface area contributed by atoms with Gasteiger partial charge in [0.25, 0.3) is 11.8 Å². The topological polar surface area (TPSA) is 105 Å². The monoisotopic (exact) mass is 431 g/mol. The van der Waals surface area contributed by atoms with Crippen LogP contribution in [0.4, 0.5) is 13.6 Å². The van der Waals surface area contributed by atoms with Crippen LogP contribution in [0.3, 0.4) is 0 Å². The molecule has 2 aromatic heterocycles. The molecule has 1 aliphatic rings. The number of carbonyl (C=O) groups is 2. The van der Waals surface area contributed by atoms with Crippen LogP contribution in [0.15, 0.2) is 47.0 Å². The molecule has 0 spiro atoms. The molecule has 31 heavy (non-hydrogen) atoms. The molecule has 162 valence electrons. The number of benzene rings is 1. The number of rotatable bonds is 5. The highest BCUT2D eigenvalue weighted by Crippen LogP contribution is 2.31. The van der Waals surface area contributed by atoms with E-state index in [4.69, 9.17) is 14.3 Å². The van der Waals surface area contributed by atoms with E-state index in [2.05, 4.69) is 10.3 Å². The van der Waals surface area contributed by atoms with E-state index in [1.807, 2.05) is 30.3 Å². The van der Waals surface area contributed by atoms with Gasteiger partial charge in [-0.3, -0.25) is 9.69 Å². The Hall–Kier alpha value is -3.69. The van der Waals surface area contributed by atoms with Crippen LogP contribution in [0.25, 0.3) is 11.0 Å². The average molecular weight is 431 g/mol. The zero-order valence-electron chi connectivity index (χ0n) is 16.5. The average Bonchev–Trinajstić information content (AvgIpc) is 3.22. The zero-order chi connectivity index (χ0) is 22.2. The number of nitrogens with one attached hydrogen (secondary N) is 1. The van der Waals surface area contributed by atoms with Crippen LogP contribution in [0.1, 0.15) is 21.7 Å². The van der Waals surface area contributed by atoms with E-state index in [1.54, 1.807) is 0 Å². The van der Waals surface area contributed by atoms with Crippen LogP contribution >= 0.6 is 0 Å². The number of pyridine rings is 1. The number of furan rings is 1. The van der Waals surface area contributed by atoms with Gasteiger partial charge in [0.05, 0.1) is 24.8 Å². The number of alkyl halides is 2. The molecule has 2 N–H and O–H groups in total. The van der Waals surface area contributed by atoms with Crippen molar-refractivity contribution in [3.8, 4) is 5.88 Å². The highest BCUT2D eigenvalue weighted by Gasteiger charge is 2.50. The molecule has 0 unspecified atom stereocenters. The third kappa shape index (κ3) is 4.14. The number of amides is 2. The smallest absolute Gasteiger partial charge is 0.407 e. The van der Waals surface area contributed by atoms with E-state index < -0.39 is 37.1 Å². The number of halogens is 2. The van der Waals surface area contributed by atoms with Gasteiger partial charge in [-0.25, -0.2) is 18.6 Å². The first-order chi connectivity index (χ1) is 14.7. The largest absolute Gasteiger partial charge is 0.473 e. The van der Waals surface area contributed by atoms with Gasteiger partial charge in [0.15, 0.2) is 5.58 Å². The molecule has 0 aliphatic carbocycles. The predicted octanol–water partition coefficient (Wildman–Crippen LogP) is 3.44. The lowest BCUT2D eigenvalue weighted by Gasteiger charge is -2.18. The first kappa shape index (κ1) is 20.6. The van der Waals surface area contributed by atoms with Crippen LogP contribution in [0, 0.1) is 6.92 Å². The Balaban J connectivity index is 1.56. The number of aryl methyl sites for hydroxylation is 1. The van der Waals surface area contributed by atoms with E-state index in [1.165, 1.54) is 19.2 Å². The molecular formula is C21H19F2N3O5. The Kier molecular flexibility index (Phi) is 5.22. The van der Waals surface area contributed by atoms with Crippen LogP contribution < -0.4 is 10.1 Å². The number of likely N-dealkylation sites (tertiary alicyclic amines) is 1. The minimum atomic E-state index is -3.38. The second-order valence-electron chi connectivity index (χ2n) is 7.28. The van der Waals surface area contributed by atoms with Crippen LogP contribution in [0.5, 0.6) is 5.88 Å². The number of ether oxygens (including phenoxy) is 1. The number of carbonyl (C=O) groups excluding carboxylic acids is 1. The van der Waals surface area contributed by atoms with Crippen molar-refractivity contribution in [2.45, 2.75) is 25.5 Å². The van der Waals surface area contributed by atoms with Gasteiger partial charge >= 0.3 is 6.09 Å². The molecule has 1 aliphatic heterocycles. The van der Waals surface area contributed by atoms with Crippen molar-refractivity contribution in [2.75, 3.05) is 13.1 Å². The molecule has 0 saturated carbocycles. The molecular weight excluding hydrogens is 412 g/mol. The summed E-state index contributed by atoms with van der Waals surface area (Å²) in [5.74, 6) is -3.69. The summed E-state index contributed by atoms with van der Waals surface area (Å²) in [5, 5.41) is 11.6. The molecule has 3 heterocycles. The fraction of sp³-hybridized carbons (Fsp3) is 0.286. The minimum Gasteiger partial charge on any atom is -0.473 e. The third-order valence-corrected chi connectivity index (χ3v) is 5.07. The van der Waals surface area contributed by atoms with Crippen molar-refractivity contribution in [1.82, 2.24) is 15.2 Å². The van der Waals surface area contributed by atoms with Crippen LogP contribution in [0.2, 0.25) is 0 Å². The van der Waals surface area contributed by atoms with Gasteiger partial charge < -0.3 is 19.6 Å². The Labute approximate surface area is 175 Å². The van der Waals surface area contributed by atoms with Gasteiger partial charge in [0.1, 0.15) is 18.4 Å². The quantitative estimate of drug-likeness (QED) is 0.641. The summed E-state index contributed by atoms with van der Waals surface area (Å²) in [6, 6.07) is 9.29. The molecule has 0 radical (unpaired) electrons. The second-order valence-corrected chi connectivity index (χ2v) is 7.28. The maximum Gasteiger partial charge on any atom is 0.407 e. The Morgan fingerprint density at radius 1 is 1.35 bits per heavy atom. The highest BCUT2D eigenvalue weighted by atomic mass is 19.3. The molecule has 2 amide bonds. The molecule has 8 nitrogen and oxygen atoms in total. The SMILES string of the molecule is Cc1oc2cnc(OCc3ccccc3)cc2c1C(=O)N[C@@H]1CN(C(=O)O)CC1(F)F. The van der Waals surface area contributed by atoms with Crippen molar-refractivity contribution >= 4 is 23.0 Å². The number of hydrogen-bond donors (Lipinski definition) is 2. The first-order valence-corrected chi connectivity index (χ1v) is 9.47. The molecule has 1 aromatic carbocycles. The summed E-state index contributed by atoms with van der Waals surface area (Å²) in [5.41, 5.74) is 1.31. The molecule has 1 atom stereocenters. The van der Waals surface area contributed by atoms with Crippen LogP contribution in [-0.4, -0.2) is 52.0 Å². The molecule has 1 saturated heterocycles. The lowest BCUT2D eigenvalue weighted by Crippen LogP contribution is -2.46.